The first-order chi connectivity index (χ1) is 45.6. The van der Waals surface area contributed by atoms with E-state index in [-0.39, 0.29) is 5.92 Å². The monoisotopic (exact) mass is 1280 g/mol. The van der Waals surface area contributed by atoms with E-state index in [1.54, 1.807) is 0 Å². The standard InChI is InChI=1S/C15H23N3.C13H20N4.C13H22N4.2C11H17N3.C10H12N4/c1-2-9-17-11-15(12-18(13-17)10-8-16)14-6-4-3-5-7-14;1-2-6-15-10-13(17-7-3-4-8-17)11-16(12-15)9-5-14;1-4-8-15-10-13(17(5-2)6-3)11-16(12-15)9-7-14;1-4-6-13-9-14(7-5-12)11(3)8-10(13)2;1-4-6-13-8-10(2)9-14(7-5-12)11(13)3;1-2-4-13-7-10(6-12)8-14(9-13)5-3-11/h1,14-15H,3-7,9-13H2;1,13H,3-4,6-12H2;1,13H,5-6,8-12H2,2-3H3;2*1,10-11H,6-9H2,2-3H3;1,10H,4-5,7-9H2. The van der Waals surface area contributed by atoms with Crippen molar-refractivity contribution in [3.8, 4) is 117 Å². The van der Waals surface area contributed by atoms with Gasteiger partial charge in [-0.25, -0.2) is 0 Å². The number of nitriles is 7. The molecular weight excluding hydrogens is 1170 g/mol. The molecular formula is C73H111N21. The van der Waals surface area contributed by atoms with Crippen LogP contribution >= 0.6 is 0 Å². The van der Waals surface area contributed by atoms with Crippen LogP contribution in [-0.2, 0) is 0 Å². The van der Waals surface area contributed by atoms with Gasteiger partial charge in [0.05, 0.1) is 166 Å². The van der Waals surface area contributed by atoms with E-state index in [2.05, 4.69) is 178 Å². The van der Waals surface area contributed by atoms with Crippen molar-refractivity contribution in [2.75, 3.05) is 204 Å². The summed E-state index contributed by atoms with van der Waals surface area (Å²) in [7, 11) is 0. The van der Waals surface area contributed by atoms with Gasteiger partial charge in [-0.15, -0.1) is 38.5 Å². The number of terminal acetylenes is 6. The van der Waals surface area contributed by atoms with E-state index in [0.29, 0.717) is 140 Å². The molecule has 8 atom stereocenters. The quantitative estimate of drug-likeness (QED) is 0.149. The van der Waals surface area contributed by atoms with E-state index in [4.69, 9.17) is 75.4 Å². The molecule has 0 radical (unpaired) electrons. The van der Waals surface area contributed by atoms with Crippen molar-refractivity contribution in [3.63, 3.8) is 0 Å². The lowest BCUT2D eigenvalue weighted by Crippen LogP contribution is -2.57. The van der Waals surface area contributed by atoms with Crippen LogP contribution < -0.4 is 0 Å². The van der Waals surface area contributed by atoms with E-state index in [1.807, 2.05) is 9.80 Å². The van der Waals surface area contributed by atoms with Gasteiger partial charge >= 0.3 is 0 Å². The zero-order valence-electron chi connectivity index (χ0n) is 58.1. The average Bonchev–Trinajstić information content (AvgIpc) is 1.66. The predicted octanol–water partition coefficient (Wildman–Crippen LogP) is 4.01. The molecule has 0 aromatic carbocycles. The zero-order valence-corrected chi connectivity index (χ0v) is 58.1. The smallest absolute Gasteiger partial charge is 0.0878 e. The molecule has 7 saturated heterocycles. The van der Waals surface area contributed by atoms with Crippen LogP contribution in [0.1, 0.15) is 92.9 Å². The Kier molecular flexibility index (Phi) is 41.6. The minimum absolute atomic E-state index is 0.0366. The molecule has 0 bridgehead atoms. The molecule has 508 valence electrons. The molecule has 7 heterocycles. The van der Waals surface area contributed by atoms with Crippen LogP contribution in [0.3, 0.4) is 0 Å². The fourth-order valence-corrected chi connectivity index (χ4v) is 14.3. The van der Waals surface area contributed by atoms with Crippen LogP contribution in [0.2, 0.25) is 0 Å². The molecule has 21 heteroatoms. The Labute approximate surface area is 569 Å². The van der Waals surface area contributed by atoms with Gasteiger partial charge in [-0.05, 0) is 84.0 Å². The first-order valence-electron chi connectivity index (χ1n) is 34.0. The summed E-state index contributed by atoms with van der Waals surface area (Å²) in [5.41, 5.74) is 0. The molecule has 21 nitrogen and oxygen atoms in total. The molecule has 1 saturated carbocycles. The van der Waals surface area contributed by atoms with Gasteiger partial charge in [0.15, 0.2) is 0 Å². The second-order valence-electron chi connectivity index (χ2n) is 26.3. The van der Waals surface area contributed by atoms with E-state index < -0.39 is 0 Å². The molecule has 0 aromatic rings. The highest BCUT2D eigenvalue weighted by Crippen LogP contribution is 2.33. The third-order valence-electron chi connectivity index (χ3n) is 18.9. The fraction of sp³-hybridized carbons (Fsp3) is 0.740. The van der Waals surface area contributed by atoms with E-state index in [1.165, 1.54) is 58.0 Å². The third-order valence-corrected chi connectivity index (χ3v) is 18.9. The Balaban J connectivity index is 0.000000295. The summed E-state index contributed by atoms with van der Waals surface area (Å²) in [5.74, 6) is 18.1. The Morgan fingerprint density at radius 1 is 0.372 bits per heavy atom. The lowest BCUT2D eigenvalue weighted by atomic mass is 9.79. The van der Waals surface area contributed by atoms with Crippen LogP contribution in [0.25, 0.3) is 0 Å². The molecule has 7 aliphatic heterocycles. The summed E-state index contributed by atoms with van der Waals surface area (Å²) in [4.78, 5) is 31.2. The number of hydrogen-bond donors (Lipinski definition) is 0. The Hall–Kier alpha value is -6.77. The van der Waals surface area contributed by atoms with Gasteiger partial charge < -0.3 is 0 Å². The van der Waals surface area contributed by atoms with Gasteiger partial charge in [-0.2, -0.15) is 36.8 Å². The largest absolute Gasteiger partial charge is 0.298 e. The maximum absolute atomic E-state index is 8.88. The lowest BCUT2D eigenvalue weighted by molar-refractivity contribution is 0.00784. The van der Waals surface area contributed by atoms with Gasteiger partial charge in [0.1, 0.15) is 0 Å². The van der Waals surface area contributed by atoms with Crippen LogP contribution in [-0.4, -0.2) is 302 Å². The summed E-state index contributed by atoms with van der Waals surface area (Å²) in [6.07, 6.45) is 42.9. The maximum Gasteiger partial charge on any atom is 0.0878 e. The number of nitrogens with zero attached hydrogens (tertiary/aromatic N) is 21. The first kappa shape index (κ1) is 81.5. The van der Waals surface area contributed by atoms with Crippen LogP contribution in [0.15, 0.2) is 0 Å². The highest BCUT2D eigenvalue weighted by atomic mass is 15.4. The minimum atomic E-state index is -0.0366. The Bertz CT molecular complexity index is 2540. The van der Waals surface area contributed by atoms with E-state index >= 15 is 0 Å². The minimum Gasteiger partial charge on any atom is -0.298 e. The van der Waals surface area contributed by atoms with Gasteiger partial charge in [-0.1, -0.05) is 88.4 Å². The number of likely N-dealkylation sites (tertiary alicyclic amines) is 1. The van der Waals surface area contributed by atoms with Gasteiger partial charge in [0.2, 0.25) is 0 Å². The maximum atomic E-state index is 8.88. The summed E-state index contributed by atoms with van der Waals surface area (Å²) in [6, 6.07) is 17.5. The molecule has 0 N–H and O–H groups in total. The molecule has 8 fully saturated rings. The van der Waals surface area contributed by atoms with Crippen molar-refractivity contribution in [1.29, 1.82) is 36.8 Å². The zero-order chi connectivity index (χ0) is 69.0. The molecule has 8 rings (SSSR count). The topological polar surface area (TPSA) is 212 Å². The molecule has 0 aromatic heterocycles. The SMILES string of the molecule is C#CCN1CC(C#N)CN(CC#N)C1.C#CCN1CC(C)CN(CC#N)C1C.C#CCN1CC(C2CCCCC2)CN(CC#N)C1.C#CCN1CC(N(CC)CC)CN(CC#N)C1.C#CCN1CC(N2CCCC2)CN(CC#N)C1.C#CCN1CN(CC#N)C(C)CC1C. The second kappa shape index (κ2) is 48.0. The van der Waals surface area contributed by atoms with Crippen molar-refractivity contribution in [1.82, 2.24) is 68.6 Å². The molecule has 94 heavy (non-hydrogen) atoms. The lowest BCUT2D eigenvalue weighted by Gasteiger charge is -2.43. The van der Waals surface area contributed by atoms with Gasteiger partial charge in [-0.3, -0.25) is 68.6 Å². The summed E-state index contributed by atoms with van der Waals surface area (Å²) in [5, 5.41) is 61.3. The van der Waals surface area contributed by atoms with Crippen LogP contribution in [0.5, 0.6) is 0 Å². The van der Waals surface area contributed by atoms with Crippen molar-refractivity contribution in [3.05, 3.63) is 0 Å². The summed E-state index contributed by atoms with van der Waals surface area (Å²) in [6.45, 7) is 38.0. The third kappa shape index (κ3) is 29.9. The molecule has 1 aliphatic carbocycles. The van der Waals surface area contributed by atoms with Crippen molar-refractivity contribution < 1.29 is 0 Å². The normalized spacial score (nSPS) is 26.6. The fourth-order valence-electron chi connectivity index (χ4n) is 14.3. The summed E-state index contributed by atoms with van der Waals surface area (Å²) >= 11 is 0. The van der Waals surface area contributed by atoms with Crippen LogP contribution in [0.4, 0.5) is 0 Å². The number of hydrogen-bond acceptors (Lipinski definition) is 21. The molecule has 8 unspecified atom stereocenters. The van der Waals surface area contributed by atoms with Crippen molar-refractivity contribution in [2.24, 2.45) is 23.7 Å². The highest BCUT2D eigenvalue weighted by molar-refractivity contribution is 5.00. The van der Waals surface area contributed by atoms with E-state index in [9.17, 15) is 0 Å². The molecule has 0 amide bonds. The molecule has 8 aliphatic rings. The van der Waals surface area contributed by atoms with Crippen molar-refractivity contribution in [2.45, 2.75) is 123 Å². The Morgan fingerprint density at radius 2 is 0.734 bits per heavy atom. The van der Waals surface area contributed by atoms with Gasteiger partial charge in [0, 0.05) is 89.6 Å². The first-order valence-corrected chi connectivity index (χ1v) is 34.0. The van der Waals surface area contributed by atoms with Gasteiger partial charge in [0.25, 0.3) is 0 Å². The van der Waals surface area contributed by atoms with Crippen molar-refractivity contribution >= 4 is 0 Å². The highest BCUT2D eigenvalue weighted by Gasteiger charge is 2.34. The number of likely N-dealkylation sites (N-methyl/N-ethyl adjacent to an activating group) is 1. The second-order valence-corrected chi connectivity index (χ2v) is 26.3. The summed E-state index contributed by atoms with van der Waals surface area (Å²) < 4.78 is 0. The Morgan fingerprint density at radius 3 is 1.17 bits per heavy atom. The average molecular weight is 1280 g/mol. The molecule has 0 spiro atoms. The predicted molar refractivity (Wildman–Crippen MR) is 373 cm³/mol. The van der Waals surface area contributed by atoms with E-state index in [0.717, 1.165) is 104 Å². The number of rotatable bonds is 17. The van der Waals surface area contributed by atoms with Crippen LogP contribution in [0, 0.1) is 177 Å².